The third-order valence-corrected chi connectivity index (χ3v) is 3.39. The van der Waals surface area contributed by atoms with E-state index in [0.717, 1.165) is 33.8 Å². The van der Waals surface area contributed by atoms with Crippen LogP contribution in [0.4, 0.5) is 5.69 Å². The summed E-state index contributed by atoms with van der Waals surface area (Å²) in [6.45, 7) is 3.19. The number of aryl methyl sites for hydroxylation is 1. The summed E-state index contributed by atoms with van der Waals surface area (Å²) >= 11 is 6.15. The normalized spacial score (nSPS) is 10.6. The van der Waals surface area contributed by atoms with Crippen LogP contribution in [0, 0.1) is 6.92 Å². The minimum Gasteiger partial charge on any atom is -0.399 e. The van der Waals surface area contributed by atoms with Crippen LogP contribution in [0.25, 0.3) is 0 Å². The van der Waals surface area contributed by atoms with Crippen molar-refractivity contribution in [1.82, 2.24) is 0 Å². The van der Waals surface area contributed by atoms with E-state index in [9.17, 15) is 0 Å². The SMILES string of the molecule is Cc1ccc(COCCc2ccccc2N)c(Cl)c1. The van der Waals surface area contributed by atoms with Crippen LogP contribution in [0.1, 0.15) is 16.7 Å². The molecule has 0 saturated heterocycles. The van der Waals surface area contributed by atoms with E-state index in [-0.39, 0.29) is 0 Å². The second-order valence-electron chi connectivity index (χ2n) is 4.60. The molecule has 2 aromatic rings. The van der Waals surface area contributed by atoms with Crippen LogP contribution >= 0.6 is 11.6 Å². The highest BCUT2D eigenvalue weighted by molar-refractivity contribution is 6.31. The number of benzene rings is 2. The van der Waals surface area contributed by atoms with Gasteiger partial charge in [0.05, 0.1) is 13.2 Å². The maximum atomic E-state index is 6.15. The summed E-state index contributed by atoms with van der Waals surface area (Å²) in [4.78, 5) is 0. The van der Waals surface area contributed by atoms with Crippen LogP contribution in [-0.4, -0.2) is 6.61 Å². The van der Waals surface area contributed by atoms with E-state index < -0.39 is 0 Å². The largest absolute Gasteiger partial charge is 0.399 e. The molecular weight excluding hydrogens is 258 g/mol. The molecule has 0 radical (unpaired) electrons. The minimum atomic E-state index is 0.534. The highest BCUT2D eigenvalue weighted by Gasteiger charge is 2.02. The summed E-state index contributed by atoms with van der Waals surface area (Å²) in [5, 5.41) is 0.763. The molecular formula is C16H18ClNO. The van der Waals surface area contributed by atoms with Crippen LogP contribution in [0.2, 0.25) is 5.02 Å². The molecule has 2 aromatic carbocycles. The first kappa shape index (κ1) is 13.9. The number of nitrogens with two attached hydrogens (primary N) is 1. The van der Waals surface area contributed by atoms with Crippen molar-refractivity contribution in [3.05, 3.63) is 64.2 Å². The highest BCUT2D eigenvalue weighted by atomic mass is 35.5. The van der Waals surface area contributed by atoms with E-state index in [1.807, 2.05) is 49.4 Å². The molecule has 2 nitrogen and oxygen atoms in total. The Morgan fingerprint density at radius 3 is 2.63 bits per heavy atom. The lowest BCUT2D eigenvalue weighted by Gasteiger charge is -2.08. The van der Waals surface area contributed by atoms with Crippen molar-refractivity contribution in [2.75, 3.05) is 12.3 Å². The first-order chi connectivity index (χ1) is 9.16. The zero-order chi connectivity index (χ0) is 13.7. The fourth-order valence-corrected chi connectivity index (χ4v) is 2.19. The van der Waals surface area contributed by atoms with E-state index >= 15 is 0 Å². The standard InChI is InChI=1S/C16H18ClNO/c1-12-6-7-14(15(17)10-12)11-19-9-8-13-4-2-3-5-16(13)18/h2-7,10H,8-9,11,18H2,1H3. The third kappa shape index (κ3) is 3.98. The number of rotatable bonds is 5. The lowest BCUT2D eigenvalue weighted by molar-refractivity contribution is 0.124. The number of nitrogen functional groups attached to an aromatic ring is 1. The van der Waals surface area contributed by atoms with Crippen molar-refractivity contribution >= 4 is 17.3 Å². The van der Waals surface area contributed by atoms with Gasteiger partial charge in [-0.3, -0.25) is 0 Å². The summed E-state index contributed by atoms with van der Waals surface area (Å²) in [6, 6.07) is 13.9. The molecule has 0 fully saturated rings. The van der Waals surface area contributed by atoms with E-state index in [0.29, 0.717) is 13.2 Å². The predicted octanol–water partition coefficient (Wildman–Crippen LogP) is 3.99. The third-order valence-electron chi connectivity index (χ3n) is 3.04. The van der Waals surface area contributed by atoms with Crippen molar-refractivity contribution in [3.8, 4) is 0 Å². The van der Waals surface area contributed by atoms with Crippen LogP contribution in [0.15, 0.2) is 42.5 Å². The average molecular weight is 276 g/mol. The van der Waals surface area contributed by atoms with Gasteiger partial charge in [-0.1, -0.05) is 41.9 Å². The molecule has 0 aliphatic heterocycles. The molecule has 0 atom stereocenters. The molecule has 3 heteroatoms. The molecule has 2 rings (SSSR count). The number of para-hydroxylation sites is 1. The fraction of sp³-hybridized carbons (Fsp3) is 0.250. The van der Waals surface area contributed by atoms with Gasteiger partial charge in [-0.15, -0.1) is 0 Å². The summed E-state index contributed by atoms with van der Waals surface area (Å²) in [6.07, 6.45) is 0.816. The smallest absolute Gasteiger partial charge is 0.0731 e. The van der Waals surface area contributed by atoms with Gasteiger partial charge < -0.3 is 10.5 Å². The molecule has 0 amide bonds. The van der Waals surface area contributed by atoms with Gasteiger partial charge in [-0.2, -0.15) is 0 Å². The number of halogens is 1. The molecule has 0 spiro atoms. The maximum Gasteiger partial charge on any atom is 0.0731 e. The molecule has 0 unspecified atom stereocenters. The molecule has 2 N–H and O–H groups in total. The summed E-state index contributed by atoms with van der Waals surface area (Å²) in [7, 11) is 0. The Hall–Kier alpha value is -1.51. The van der Waals surface area contributed by atoms with Gasteiger partial charge in [-0.25, -0.2) is 0 Å². The van der Waals surface area contributed by atoms with Crippen LogP contribution in [0.3, 0.4) is 0 Å². The van der Waals surface area contributed by atoms with Crippen molar-refractivity contribution < 1.29 is 4.74 Å². The first-order valence-electron chi connectivity index (χ1n) is 6.33. The predicted molar refractivity (Wildman–Crippen MR) is 80.4 cm³/mol. The Labute approximate surface area is 119 Å². The topological polar surface area (TPSA) is 35.2 Å². The van der Waals surface area contributed by atoms with Crippen LogP contribution in [0.5, 0.6) is 0 Å². The first-order valence-corrected chi connectivity index (χ1v) is 6.71. The van der Waals surface area contributed by atoms with Gasteiger partial charge >= 0.3 is 0 Å². The van der Waals surface area contributed by atoms with E-state index in [1.165, 1.54) is 0 Å². The van der Waals surface area contributed by atoms with Gasteiger partial charge in [0.25, 0.3) is 0 Å². The van der Waals surface area contributed by atoms with Crippen molar-refractivity contribution in [2.45, 2.75) is 20.0 Å². The lowest BCUT2D eigenvalue weighted by atomic mass is 10.1. The number of hydrogen-bond donors (Lipinski definition) is 1. The van der Waals surface area contributed by atoms with Gasteiger partial charge in [-0.05, 0) is 42.2 Å². The molecule has 0 bridgehead atoms. The number of anilines is 1. The Balaban J connectivity index is 1.83. The van der Waals surface area contributed by atoms with E-state index in [4.69, 9.17) is 22.1 Å². The Morgan fingerprint density at radius 2 is 1.89 bits per heavy atom. The van der Waals surface area contributed by atoms with Gasteiger partial charge in [0, 0.05) is 10.7 Å². The van der Waals surface area contributed by atoms with Crippen molar-refractivity contribution in [3.63, 3.8) is 0 Å². The monoisotopic (exact) mass is 275 g/mol. The second kappa shape index (κ2) is 6.60. The maximum absolute atomic E-state index is 6.15. The average Bonchev–Trinajstić information content (AvgIpc) is 2.38. The quantitative estimate of drug-likeness (QED) is 0.661. The molecule has 0 aliphatic rings. The molecule has 0 heterocycles. The summed E-state index contributed by atoms with van der Waals surface area (Å²) < 4.78 is 5.66. The molecule has 100 valence electrons. The van der Waals surface area contributed by atoms with Crippen molar-refractivity contribution in [2.24, 2.45) is 0 Å². The van der Waals surface area contributed by atoms with Crippen molar-refractivity contribution in [1.29, 1.82) is 0 Å². The highest BCUT2D eigenvalue weighted by Crippen LogP contribution is 2.18. The molecule has 0 saturated carbocycles. The Bertz CT molecular complexity index is 554. The zero-order valence-corrected chi connectivity index (χ0v) is 11.8. The fourth-order valence-electron chi connectivity index (χ4n) is 1.90. The van der Waals surface area contributed by atoms with E-state index in [2.05, 4.69) is 0 Å². The molecule has 0 aromatic heterocycles. The number of ether oxygens (including phenoxy) is 1. The van der Waals surface area contributed by atoms with E-state index in [1.54, 1.807) is 0 Å². The summed E-state index contributed by atoms with van der Waals surface area (Å²) in [5.74, 6) is 0. The van der Waals surface area contributed by atoms with Gasteiger partial charge in [0.2, 0.25) is 0 Å². The number of hydrogen-bond acceptors (Lipinski definition) is 2. The minimum absolute atomic E-state index is 0.534. The zero-order valence-electron chi connectivity index (χ0n) is 11.0. The second-order valence-corrected chi connectivity index (χ2v) is 5.00. The van der Waals surface area contributed by atoms with Gasteiger partial charge in [0.1, 0.15) is 0 Å². The molecule has 0 aliphatic carbocycles. The Morgan fingerprint density at radius 1 is 1.11 bits per heavy atom. The van der Waals surface area contributed by atoms with Crippen LogP contribution < -0.4 is 5.73 Å². The van der Waals surface area contributed by atoms with Gasteiger partial charge in [0.15, 0.2) is 0 Å². The summed E-state index contributed by atoms with van der Waals surface area (Å²) in [5.41, 5.74) is 10.00. The lowest BCUT2D eigenvalue weighted by Crippen LogP contribution is -2.02. The van der Waals surface area contributed by atoms with Crippen LogP contribution in [-0.2, 0) is 17.8 Å². The molecule has 19 heavy (non-hydrogen) atoms. The Kier molecular flexibility index (Phi) is 4.83.